The molecule has 0 N–H and O–H groups in total. The Hall–Kier alpha value is -0.960. The Kier molecular flexibility index (Phi) is 6.16. The maximum atomic E-state index is 5.34. The molecule has 0 aromatic heterocycles. The largest absolute Gasteiger partial charge is 0.493 e. The highest BCUT2D eigenvalue weighted by Gasteiger charge is 2.40. The van der Waals surface area contributed by atoms with Gasteiger partial charge >= 0.3 is 0 Å². The molecule has 3 heteroatoms. The number of methoxy groups -OCH3 is 2. The fourth-order valence-electron chi connectivity index (χ4n) is 2.73. The minimum Gasteiger partial charge on any atom is -0.493 e. The normalized spacial score (nSPS) is 15.6. The van der Waals surface area contributed by atoms with Gasteiger partial charge in [0.25, 0.3) is 0 Å². The first-order chi connectivity index (χ1) is 10.2. The van der Waals surface area contributed by atoms with Gasteiger partial charge in [-0.05, 0) is 54.5 Å². The van der Waals surface area contributed by atoms with Gasteiger partial charge in [-0.2, -0.15) is 12.6 Å². The van der Waals surface area contributed by atoms with E-state index in [9.17, 15) is 0 Å². The Balaban J connectivity index is 1.64. The summed E-state index contributed by atoms with van der Waals surface area (Å²) in [6.45, 7) is 0. The number of aryl methyl sites for hydroxylation is 1. The number of benzene rings is 1. The van der Waals surface area contributed by atoms with Crippen molar-refractivity contribution in [3.05, 3.63) is 30.2 Å². The molecule has 1 fully saturated rings. The van der Waals surface area contributed by atoms with Crippen LogP contribution in [-0.2, 0) is 6.42 Å². The second kappa shape index (κ2) is 7.88. The third-order valence-corrected chi connectivity index (χ3v) is 5.16. The highest BCUT2D eigenvalue weighted by Crippen LogP contribution is 2.50. The molecule has 0 amide bonds. The van der Waals surface area contributed by atoms with Crippen molar-refractivity contribution in [1.29, 1.82) is 0 Å². The van der Waals surface area contributed by atoms with Crippen molar-refractivity contribution < 1.29 is 9.47 Å². The molecule has 1 aliphatic rings. The average molecular weight is 307 g/mol. The lowest BCUT2D eigenvalue weighted by molar-refractivity contribution is 0.354. The maximum absolute atomic E-state index is 5.34. The average Bonchev–Trinajstić information content (AvgIpc) is 3.31. The second-order valence-corrected chi connectivity index (χ2v) is 6.38. The summed E-state index contributed by atoms with van der Waals surface area (Å²) < 4.78 is 10.6. The van der Waals surface area contributed by atoms with Crippen LogP contribution in [0.15, 0.2) is 18.2 Å². The van der Waals surface area contributed by atoms with E-state index in [4.69, 9.17) is 9.47 Å². The molecule has 21 heavy (non-hydrogen) atoms. The van der Waals surface area contributed by atoms with E-state index in [1.54, 1.807) is 14.2 Å². The van der Waals surface area contributed by atoms with E-state index in [0.29, 0.717) is 5.41 Å². The van der Waals surface area contributed by atoms with Gasteiger partial charge in [0.15, 0.2) is 11.5 Å². The number of hydrogen-bond donors (Lipinski definition) is 1. The molecule has 2 nitrogen and oxygen atoms in total. The summed E-state index contributed by atoms with van der Waals surface area (Å²) in [5.41, 5.74) is 1.92. The van der Waals surface area contributed by atoms with Crippen molar-refractivity contribution in [3.63, 3.8) is 0 Å². The van der Waals surface area contributed by atoms with Gasteiger partial charge in [-0.3, -0.25) is 0 Å². The molecule has 1 aromatic rings. The smallest absolute Gasteiger partial charge is 0.160 e. The quantitative estimate of drug-likeness (QED) is 0.383. The van der Waals surface area contributed by atoms with E-state index < -0.39 is 0 Å². The minimum absolute atomic E-state index is 0.611. The summed E-state index contributed by atoms with van der Waals surface area (Å²) in [5, 5.41) is 0. The van der Waals surface area contributed by atoms with Gasteiger partial charge in [-0.15, -0.1) is 0 Å². The van der Waals surface area contributed by atoms with E-state index in [0.717, 1.165) is 30.1 Å². The van der Waals surface area contributed by atoms with E-state index in [1.807, 2.05) is 6.07 Å². The Bertz CT molecular complexity index is 441. The molecule has 0 unspecified atom stereocenters. The standard InChI is InChI=1S/C18H26O2S/c1-19-16-9-8-15(13-17(16)20-2)7-5-3-4-6-10-18(14-21)11-12-18/h3,8-9,13H,4-7,10-12,14H2,1-2H3/p+1. The Morgan fingerprint density at radius 1 is 1.14 bits per heavy atom. The predicted octanol–water partition coefficient (Wildman–Crippen LogP) is 4.72. The van der Waals surface area contributed by atoms with Crippen molar-refractivity contribution in [2.45, 2.75) is 44.9 Å². The van der Waals surface area contributed by atoms with Crippen LogP contribution >= 0.6 is 12.6 Å². The highest BCUT2D eigenvalue weighted by atomic mass is 32.1. The molecule has 116 valence electrons. The molecule has 0 heterocycles. The fraction of sp³-hybridized carbons (Fsp3) is 0.611. The maximum Gasteiger partial charge on any atom is 0.160 e. The molecule has 0 aliphatic heterocycles. The summed E-state index contributed by atoms with van der Waals surface area (Å²) in [4.78, 5) is 0. The van der Waals surface area contributed by atoms with E-state index in [-0.39, 0.29) is 0 Å². The van der Waals surface area contributed by atoms with Crippen molar-refractivity contribution >= 4 is 12.6 Å². The second-order valence-electron chi connectivity index (χ2n) is 6.07. The molecule has 0 bridgehead atoms. The summed E-state index contributed by atoms with van der Waals surface area (Å²) in [6, 6.07) is 6.18. The van der Waals surface area contributed by atoms with Crippen molar-refractivity contribution in [2.24, 2.45) is 5.41 Å². The third-order valence-electron chi connectivity index (χ3n) is 4.49. The Labute approximate surface area is 134 Å². The molecule has 1 saturated carbocycles. The van der Waals surface area contributed by atoms with Gasteiger partial charge in [0.1, 0.15) is 0 Å². The third kappa shape index (κ3) is 4.77. The van der Waals surface area contributed by atoms with Crippen LogP contribution in [0.1, 0.15) is 44.1 Å². The zero-order chi connectivity index (χ0) is 15.1. The van der Waals surface area contributed by atoms with Crippen LogP contribution in [0.3, 0.4) is 0 Å². The monoisotopic (exact) mass is 307 g/mol. The van der Waals surface area contributed by atoms with Gasteiger partial charge in [-0.1, -0.05) is 6.07 Å². The first kappa shape index (κ1) is 16.4. The number of thiol groups is 1. The fourth-order valence-corrected chi connectivity index (χ4v) is 3.21. The lowest BCUT2D eigenvalue weighted by Gasteiger charge is -2.09. The highest BCUT2D eigenvalue weighted by molar-refractivity contribution is 7.80. The molecule has 0 saturated heterocycles. The van der Waals surface area contributed by atoms with Gasteiger partial charge in [0, 0.05) is 6.42 Å². The summed E-state index contributed by atoms with van der Waals surface area (Å²) in [5.74, 6) is 2.68. The number of rotatable bonds is 10. The van der Waals surface area contributed by atoms with Crippen molar-refractivity contribution in [2.75, 3.05) is 20.0 Å². The predicted molar refractivity (Wildman–Crippen MR) is 91.5 cm³/mol. The van der Waals surface area contributed by atoms with Crippen LogP contribution in [0.5, 0.6) is 11.5 Å². The number of hydrogen-bond acceptors (Lipinski definition) is 3. The zero-order valence-electron chi connectivity index (χ0n) is 13.2. The number of unbranched alkanes of at least 4 members (excludes halogenated alkanes) is 3. The zero-order valence-corrected chi connectivity index (χ0v) is 14.1. The lowest BCUT2D eigenvalue weighted by Crippen LogP contribution is -2.01. The van der Waals surface area contributed by atoms with Crippen LogP contribution < -0.4 is 9.47 Å². The molecule has 0 atom stereocenters. The number of ether oxygens (including phenoxy) is 2. The van der Waals surface area contributed by atoms with Crippen LogP contribution in [0, 0.1) is 11.8 Å². The molecular weight excluding hydrogens is 280 g/mol. The van der Waals surface area contributed by atoms with Gasteiger partial charge in [-0.25, -0.2) is 0 Å². The lowest BCUT2D eigenvalue weighted by atomic mass is 9.99. The summed E-state index contributed by atoms with van der Waals surface area (Å²) >= 11 is 4.46. The van der Waals surface area contributed by atoms with Gasteiger partial charge in [0.05, 0.1) is 33.5 Å². The summed E-state index contributed by atoms with van der Waals surface area (Å²) in [7, 11) is 3.35. The molecule has 1 aromatic carbocycles. The molecule has 0 radical (unpaired) electrons. The van der Waals surface area contributed by atoms with Gasteiger partial charge < -0.3 is 9.47 Å². The van der Waals surface area contributed by atoms with E-state index in [2.05, 4.69) is 31.2 Å². The molecule has 0 spiro atoms. The Morgan fingerprint density at radius 3 is 2.52 bits per heavy atom. The van der Waals surface area contributed by atoms with Crippen LogP contribution in [0.2, 0.25) is 0 Å². The summed E-state index contributed by atoms with van der Waals surface area (Å²) in [6.07, 6.45) is 11.3. The van der Waals surface area contributed by atoms with E-state index in [1.165, 1.54) is 37.7 Å². The van der Waals surface area contributed by atoms with Crippen molar-refractivity contribution in [3.8, 4) is 11.5 Å². The van der Waals surface area contributed by atoms with Gasteiger partial charge in [0.2, 0.25) is 0 Å². The molecule has 1 aliphatic carbocycles. The van der Waals surface area contributed by atoms with Crippen LogP contribution in [0.4, 0.5) is 0 Å². The van der Waals surface area contributed by atoms with Crippen LogP contribution in [0.25, 0.3) is 0 Å². The molecule has 2 rings (SSSR count). The molecular formula is C18H27O2S+. The Morgan fingerprint density at radius 2 is 1.90 bits per heavy atom. The van der Waals surface area contributed by atoms with E-state index >= 15 is 0 Å². The minimum atomic E-state index is 0.611. The van der Waals surface area contributed by atoms with Crippen LogP contribution in [-0.4, -0.2) is 20.0 Å². The first-order valence-corrected chi connectivity index (χ1v) is 8.50. The first-order valence-electron chi connectivity index (χ1n) is 7.86. The topological polar surface area (TPSA) is 18.5 Å². The van der Waals surface area contributed by atoms with Crippen molar-refractivity contribution in [1.82, 2.24) is 0 Å². The SMILES string of the molecule is COc1ccc(CC[CH+]CCCC2(CS)CC2)cc1OC.